The minimum absolute atomic E-state index is 0.352. The molecule has 0 fully saturated rings. The molecule has 2 heterocycles. The van der Waals surface area contributed by atoms with Gasteiger partial charge in [-0.25, -0.2) is 9.98 Å². The Hall–Kier alpha value is -2.09. The van der Waals surface area contributed by atoms with E-state index in [0.717, 1.165) is 22.6 Å². The van der Waals surface area contributed by atoms with Crippen LogP contribution in [0, 0.1) is 6.92 Å². The van der Waals surface area contributed by atoms with Gasteiger partial charge in [0.25, 0.3) is 5.91 Å². The van der Waals surface area contributed by atoms with Gasteiger partial charge in [0, 0.05) is 6.20 Å². The smallest absolute Gasteiger partial charge is 0.260 e. The van der Waals surface area contributed by atoms with Gasteiger partial charge in [-0.2, -0.15) is 0 Å². The quantitative estimate of drug-likeness (QED) is 0.798. The van der Waals surface area contributed by atoms with Crippen LogP contribution in [0.5, 0.6) is 0 Å². The first-order chi connectivity index (χ1) is 11.4. The van der Waals surface area contributed by atoms with Crippen LogP contribution in [0.15, 0.2) is 40.7 Å². The van der Waals surface area contributed by atoms with Crippen molar-refractivity contribution in [3.63, 3.8) is 0 Å². The van der Waals surface area contributed by atoms with Gasteiger partial charge in [0.15, 0.2) is 0 Å². The number of primary amides is 1. The third kappa shape index (κ3) is 3.53. The summed E-state index contributed by atoms with van der Waals surface area (Å²) in [6.45, 7) is 2.41. The summed E-state index contributed by atoms with van der Waals surface area (Å²) in [5, 5.41) is 4.44. The van der Waals surface area contributed by atoms with Crippen LogP contribution in [0.3, 0.4) is 0 Å². The Morgan fingerprint density at radius 3 is 2.92 bits per heavy atom. The molecule has 0 radical (unpaired) electrons. The first-order valence-corrected chi connectivity index (χ1v) is 8.50. The van der Waals surface area contributed by atoms with E-state index in [1.807, 2.05) is 30.0 Å². The average Bonchev–Trinajstić information content (AvgIpc) is 2.95. The van der Waals surface area contributed by atoms with Crippen molar-refractivity contribution in [3.05, 3.63) is 51.2 Å². The number of nitrogens with two attached hydrogens (primary N) is 1. The molecule has 1 aromatic carbocycles. The summed E-state index contributed by atoms with van der Waals surface area (Å²) in [5.74, 6) is 0.0639. The van der Waals surface area contributed by atoms with Gasteiger partial charge in [0.2, 0.25) is 5.13 Å². The number of nitrogens with one attached hydrogen (secondary N) is 1. The molecule has 0 atom stereocenters. The predicted molar refractivity (Wildman–Crippen MR) is 98.3 cm³/mol. The number of amides is 1. The van der Waals surface area contributed by atoms with Gasteiger partial charge in [0.05, 0.1) is 23.5 Å². The molecular formula is C15H13Cl2N5OS. The highest BCUT2D eigenvalue weighted by Crippen LogP contribution is 2.31. The van der Waals surface area contributed by atoms with Crippen LogP contribution in [0.2, 0.25) is 5.02 Å². The number of aliphatic imine (C=N–C) groups is 1. The molecule has 0 bridgehead atoms. The van der Waals surface area contributed by atoms with Gasteiger partial charge in [0.1, 0.15) is 15.9 Å². The Labute approximate surface area is 152 Å². The van der Waals surface area contributed by atoms with Gasteiger partial charge in [-0.05, 0) is 18.6 Å². The molecular weight excluding hydrogens is 369 g/mol. The summed E-state index contributed by atoms with van der Waals surface area (Å²) in [7, 11) is 0. The zero-order chi connectivity index (χ0) is 17.3. The Morgan fingerprint density at radius 1 is 1.46 bits per heavy atom. The maximum atomic E-state index is 11.1. The molecule has 3 N–H and O–H groups in total. The number of rotatable bonds is 3. The molecule has 1 amide bonds. The number of anilines is 1. The van der Waals surface area contributed by atoms with Crippen LogP contribution < -0.4 is 16.0 Å². The van der Waals surface area contributed by atoms with Crippen LogP contribution in [-0.2, 0) is 0 Å². The number of thiazole rings is 1. The Balaban J connectivity index is 1.91. The maximum absolute atomic E-state index is 11.1. The van der Waals surface area contributed by atoms with Crippen LogP contribution in [0.4, 0.5) is 10.8 Å². The van der Waals surface area contributed by atoms with E-state index < -0.39 is 5.91 Å². The molecule has 9 heteroatoms. The number of para-hydroxylation sites is 1. The lowest BCUT2D eigenvalue weighted by molar-refractivity contribution is 0.100. The van der Waals surface area contributed by atoms with Gasteiger partial charge in [-0.3, -0.25) is 4.79 Å². The van der Waals surface area contributed by atoms with Crippen molar-refractivity contribution in [2.45, 2.75) is 6.92 Å². The van der Waals surface area contributed by atoms with Crippen molar-refractivity contribution < 1.29 is 4.79 Å². The third-order valence-corrected chi connectivity index (χ3v) is 4.70. The standard InChI is InChI=1S/C15H13Cl2N5OS/c1-8-3-2-4-9(16)13(8)22-6-11(17)20-12(7-22)21-15-19-5-10(24-15)14(18)23/h2-6H,7H2,1H3,(H2,18,23)(H,19,20,21). The van der Waals surface area contributed by atoms with E-state index in [-0.39, 0.29) is 0 Å². The Kier molecular flexibility index (Phi) is 4.75. The molecule has 1 aromatic heterocycles. The fraction of sp³-hybridized carbons (Fsp3) is 0.133. The van der Waals surface area contributed by atoms with E-state index in [1.54, 1.807) is 6.20 Å². The summed E-state index contributed by atoms with van der Waals surface area (Å²) in [4.78, 5) is 21.9. The summed E-state index contributed by atoms with van der Waals surface area (Å²) in [6.07, 6.45) is 3.16. The fourth-order valence-electron chi connectivity index (χ4n) is 2.29. The number of nitrogens with zero attached hydrogens (tertiary/aromatic N) is 3. The monoisotopic (exact) mass is 381 g/mol. The zero-order valence-corrected chi connectivity index (χ0v) is 14.9. The molecule has 0 spiro atoms. The lowest BCUT2D eigenvalue weighted by atomic mass is 10.1. The zero-order valence-electron chi connectivity index (χ0n) is 12.6. The molecule has 24 heavy (non-hydrogen) atoms. The Bertz CT molecular complexity index is 841. The van der Waals surface area contributed by atoms with Gasteiger partial charge in [-0.15, -0.1) is 0 Å². The molecule has 0 aliphatic carbocycles. The third-order valence-electron chi connectivity index (χ3n) is 3.30. The normalized spacial score (nSPS) is 16.0. The number of carbonyl (C=O) groups is 1. The van der Waals surface area contributed by atoms with E-state index in [1.165, 1.54) is 6.20 Å². The van der Waals surface area contributed by atoms with Gasteiger partial charge >= 0.3 is 0 Å². The predicted octanol–water partition coefficient (Wildman–Crippen LogP) is 3.38. The van der Waals surface area contributed by atoms with Crippen LogP contribution in [-0.4, -0.2) is 23.3 Å². The number of aromatic nitrogens is 1. The minimum atomic E-state index is -0.526. The molecule has 6 nitrogen and oxygen atoms in total. The van der Waals surface area contributed by atoms with Gasteiger partial charge < -0.3 is 16.0 Å². The van der Waals surface area contributed by atoms with Crippen LogP contribution in [0.1, 0.15) is 15.2 Å². The van der Waals surface area contributed by atoms with Crippen molar-refractivity contribution in [3.8, 4) is 0 Å². The lowest BCUT2D eigenvalue weighted by Crippen LogP contribution is -2.39. The highest BCUT2D eigenvalue weighted by molar-refractivity contribution is 7.17. The molecule has 1 aliphatic rings. The number of hydrogen-bond donors (Lipinski definition) is 2. The van der Waals surface area contributed by atoms with Crippen molar-refractivity contribution in [2.75, 3.05) is 11.4 Å². The summed E-state index contributed by atoms with van der Waals surface area (Å²) < 4.78 is 0. The van der Waals surface area contributed by atoms with Crippen LogP contribution >= 0.6 is 34.5 Å². The average molecular weight is 382 g/mol. The van der Waals surface area contributed by atoms with Crippen molar-refractivity contribution in [1.29, 1.82) is 0 Å². The number of halogens is 2. The first-order valence-electron chi connectivity index (χ1n) is 6.93. The molecule has 0 saturated carbocycles. The van der Waals surface area contributed by atoms with E-state index in [9.17, 15) is 4.79 Å². The van der Waals surface area contributed by atoms with Gasteiger partial charge in [-0.1, -0.05) is 46.7 Å². The number of hydrogen-bond acceptors (Lipinski definition) is 5. The van der Waals surface area contributed by atoms with E-state index in [4.69, 9.17) is 28.9 Å². The minimum Gasteiger partial charge on any atom is -0.365 e. The van der Waals surface area contributed by atoms with Crippen molar-refractivity contribution in [2.24, 2.45) is 10.7 Å². The molecule has 2 aromatic rings. The summed E-state index contributed by atoms with van der Waals surface area (Å²) in [5.41, 5.74) is 7.12. The largest absolute Gasteiger partial charge is 0.365 e. The molecule has 0 saturated heterocycles. The number of aryl methyl sites for hydroxylation is 1. The van der Waals surface area contributed by atoms with E-state index in [0.29, 0.717) is 32.6 Å². The second-order valence-corrected chi connectivity index (χ2v) is 6.89. The summed E-state index contributed by atoms with van der Waals surface area (Å²) >= 11 is 13.6. The number of carbonyl (C=O) groups excluding carboxylic acids is 1. The van der Waals surface area contributed by atoms with Crippen molar-refractivity contribution >= 4 is 57.1 Å². The summed E-state index contributed by atoms with van der Waals surface area (Å²) in [6, 6.07) is 5.69. The lowest BCUT2D eigenvalue weighted by Gasteiger charge is -2.28. The molecule has 124 valence electrons. The van der Waals surface area contributed by atoms with Crippen LogP contribution in [0.25, 0.3) is 0 Å². The topological polar surface area (TPSA) is 83.6 Å². The second-order valence-electron chi connectivity index (χ2n) is 5.07. The highest BCUT2D eigenvalue weighted by Gasteiger charge is 2.19. The first kappa shape index (κ1) is 16.8. The molecule has 3 rings (SSSR count). The SMILES string of the molecule is Cc1cccc(Cl)c1N1C=C(Cl)NC(=Nc2ncc(C(N)=O)s2)C1. The molecule has 0 unspecified atom stereocenters. The second kappa shape index (κ2) is 6.80. The molecule has 1 aliphatic heterocycles. The van der Waals surface area contributed by atoms with E-state index >= 15 is 0 Å². The fourth-order valence-corrected chi connectivity index (χ4v) is 3.51. The number of amidine groups is 1. The number of benzene rings is 1. The Morgan fingerprint density at radius 2 is 2.25 bits per heavy atom. The highest BCUT2D eigenvalue weighted by atomic mass is 35.5. The van der Waals surface area contributed by atoms with E-state index in [2.05, 4.69) is 15.3 Å². The maximum Gasteiger partial charge on any atom is 0.260 e. The van der Waals surface area contributed by atoms with Crippen molar-refractivity contribution in [1.82, 2.24) is 10.3 Å².